The van der Waals surface area contributed by atoms with Gasteiger partial charge < -0.3 is 0 Å². The van der Waals surface area contributed by atoms with Crippen LogP contribution in [0.5, 0.6) is 0 Å². The lowest BCUT2D eigenvalue weighted by Crippen LogP contribution is -2.33. The van der Waals surface area contributed by atoms with Gasteiger partial charge in [0.15, 0.2) is 5.82 Å². The zero-order valence-electron chi connectivity index (χ0n) is 14.1. The summed E-state index contributed by atoms with van der Waals surface area (Å²) >= 11 is 0. The van der Waals surface area contributed by atoms with Gasteiger partial charge in [-0.2, -0.15) is 5.10 Å². The van der Waals surface area contributed by atoms with Crippen LogP contribution in [0.4, 0.5) is 4.39 Å². The summed E-state index contributed by atoms with van der Waals surface area (Å²) in [6, 6.07) is 6.10. The fourth-order valence-corrected chi connectivity index (χ4v) is 3.12. The van der Waals surface area contributed by atoms with Crippen LogP contribution in [0.25, 0.3) is 11.4 Å². The Morgan fingerprint density at radius 2 is 2.00 bits per heavy atom. The van der Waals surface area contributed by atoms with Crippen molar-refractivity contribution in [3.8, 4) is 11.4 Å². The van der Waals surface area contributed by atoms with E-state index in [0.29, 0.717) is 0 Å². The molecule has 0 fully saturated rings. The molecule has 0 aliphatic carbocycles. The Kier molecular flexibility index (Phi) is 4.23. The van der Waals surface area contributed by atoms with Crippen molar-refractivity contribution in [1.29, 1.82) is 0 Å². The summed E-state index contributed by atoms with van der Waals surface area (Å²) in [6.07, 6.45) is 5.21. The Hall–Kier alpha value is -2.67. The average Bonchev–Trinajstić information content (AvgIpc) is 3.06. The predicted octanol–water partition coefficient (Wildman–Crippen LogP) is 2.53. The van der Waals surface area contributed by atoms with E-state index in [0.717, 1.165) is 48.7 Å². The molecule has 4 heterocycles. The molecule has 7 heteroatoms. The summed E-state index contributed by atoms with van der Waals surface area (Å²) in [5, 5.41) is 4.71. The summed E-state index contributed by atoms with van der Waals surface area (Å²) in [7, 11) is 0. The van der Waals surface area contributed by atoms with Gasteiger partial charge in [0.2, 0.25) is 0 Å². The average molecular weight is 338 g/mol. The number of fused-ring (bicyclic) bond motifs is 1. The predicted molar refractivity (Wildman–Crippen MR) is 91.2 cm³/mol. The number of rotatable bonds is 4. The van der Waals surface area contributed by atoms with E-state index in [2.05, 4.69) is 30.6 Å². The van der Waals surface area contributed by atoms with Crippen LogP contribution >= 0.6 is 0 Å². The van der Waals surface area contributed by atoms with E-state index in [-0.39, 0.29) is 5.82 Å². The van der Waals surface area contributed by atoms with E-state index in [4.69, 9.17) is 5.10 Å². The lowest BCUT2D eigenvalue weighted by atomic mass is 10.1. The van der Waals surface area contributed by atoms with E-state index >= 15 is 0 Å². The maximum atomic E-state index is 12.5. The van der Waals surface area contributed by atoms with Crippen LogP contribution in [0, 0.1) is 6.92 Å². The first-order chi connectivity index (χ1) is 12.2. The molecule has 0 aromatic carbocycles. The minimum Gasteiger partial charge on any atom is -0.291 e. The zero-order valence-corrected chi connectivity index (χ0v) is 14.1. The number of alkyl halides is 1. The van der Waals surface area contributed by atoms with Gasteiger partial charge in [-0.25, -0.2) is 14.4 Å². The van der Waals surface area contributed by atoms with Gasteiger partial charge in [-0.1, -0.05) is 6.07 Å². The van der Waals surface area contributed by atoms with E-state index in [1.165, 1.54) is 5.69 Å². The number of hydrogen-bond acceptors (Lipinski definition) is 5. The van der Waals surface area contributed by atoms with Gasteiger partial charge in [0, 0.05) is 43.8 Å². The van der Waals surface area contributed by atoms with Crippen molar-refractivity contribution in [3.05, 3.63) is 59.4 Å². The molecule has 0 radical (unpaired) electrons. The summed E-state index contributed by atoms with van der Waals surface area (Å²) in [4.78, 5) is 14.8. The quantitative estimate of drug-likeness (QED) is 0.732. The van der Waals surface area contributed by atoms with Gasteiger partial charge in [-0.15, -0.1) is 0 Å². The first-order valence-electron chi connectivity index (χ1n) is 8.30. The number of pyridine rings is 1. The molecule has 0 spiro atoms. The number of aryl methyl sites for hydroxylation is 1. The van der Waals surface area contributed by atoms with Crippen molar-refractivity contribution in [2.75, 3.05) is 6.54 Å². The molecular formula is C18H19FN6. The maximum Gasteiger partial charge on any atom is 0.159 e. The molecule has 0 atom stereocenters. The molecule has 1 aliphatic rings. The van der Waals surface area contributed by atoms with Gasteiger partial charge >= 0.3 is 0 Å². The summed E-state index contributed by atoms with van der Waals surface area (Å²) in [5.74, 6) is 0.232. The SMILES string of the molecule is Cc1cccnc1-c1cc2n(n1)CCN(Cc1cnc(CF)nc1)C2. The second kappa shape index (κ2) is 6.68. The molecule has 0 N–H and O–H groups in total. The molecule has 6 nitrogen and oxygen atoms in total. The Morgan fingerprint density at radius 1 is 1.16 bits per heavy atom. The number of aromatic nitrogens is 5. The normalized spacial score (nSPS) is 14.5. The Bertz CT molecular complexity index is 874. The van der Waals surface area contributed by atoms with E-state index in [1.54, 1.807) is 18.6 Å². The van der Waals surface area contributed by atoms with E-state index < -0.39 is 6.67 Å². The van der Waals surface area contributed by atoms with E-state index in [1.807, 2.05) is 19.1 Å². The molecule has 0 bridgehead atoms. The van der Waals surface area contributed by atoms with Crippen molar-refractivity contribution in [3.63, 3.8) is 0 Å². The summed E-state index contributed by atoms with van der Waals surface area (Å²) in [6.45, 7) is 4.72. The van der Waals surface area contributed by atoms with Crippen molar-refractivity contribution in [2.24, 2.45) is 0 Å². The smallest absolute Gasteiger partial charge is 0.159 e. The van der Waals surface area contributed by atoms with Gasteiger partial charge in [0.25, 0.3) is 0 Å². The summed E-state index contributed by atoms with van der Waals surface area (Å²) < 4.78 is 14.6. The highest BCUT2D eigenvalue weighted by Gasteiger charge is 2.20. The highest BCUT2D eigenvalue weighted by atomic mass is 19.1. The lowest BCUT2D eigenvalue weighted by molar-refractivity contribution is 0.205. The highest BCUT2D eigenvalue weighted by Crippen LogP contribution is 2.23. The number of hydrogen-bond donors (Lipinski definition) is 0. The number of halogens is 1. The zero-order chi connectivity index (χ0) is 17.2. The van der Waals surface area contributed by atoms with Crippen molar-refractivity contribution in [2.45, 2.75) is 33.2 Å². The molecular weight excluding hydrogens is 319 g/mol. The van der Waals surface area contributed by atoms with Gasteiger partial charge in [0.05, 0.1) is 17.9 Å². The third kappa shape index (κ3) is 3.28. The van der Waals surface area contributed by atoms with Gasteiger partial charge in [-0.05, 0) is 24.6 Å². The Labute approximate surface area is 145 Å². The molecule has 0 saturated heterocycles. The first kappa shape index (κ1) is 15.8. The molecule has 128 valence electrons. The molecule has 0 saturated carbocycles. The minimum atomic E-state index is -0.626. The second-order valence-corrected chi connectivity index (χ2v) is 6.26. The van der Waals surface area contributed by atoms with Crippen molar-refractivity contribution >= 4 is 0 Å². The van der Waals surface area contributed by atoms with Gasteiger partial charge in [-0.3, -0.25) is 14.6 Å². The molecule has 25 heavy (non-hydrogen) atoms. The van der Waals surface area contributed by atoms with Crippen LogP contribution in [0.3, 0.4) is 0 Å². The van der Waals surface area contributed by atoms with E-state index in [9.17, 15) is 4.39 Å². The van der Waals surface area contributed by atoms with Crippen LogP contribution in [0.1, 0.15) is 22.6 Å². The highest BCUT2D eigenvalue weighted by molar-refractivity contribution is 5.58. The van der Waals surface area contributed by atoms with Crippen molar-refractivity contribution in [1.82, 2.24) is 29.6 Å². The second-order valence-electron chi connectivity index (χ2n) is 6.26. The molecule has 0 unspecified atom stereocenters. The fourth-order valence-electron chi connectivity index (χ4n) is 3.12. The number of nitrogens with zero attached hydrogens (tertiary/aromatic N) is 6. The standard InChI is InChI=1S/C18H19FN6/c1-13-3-2-4-20-18(13)16-7-15-12-24(5-6-25(15)23-16)11-14-9-21-17(8-19)22-10-14/h2-4,7,9-10H,5-6,8,11-12H2,1H3. The topological polar surface area (TPSA) is 59.7 Å². The molecule has 0 amide bonds. The van der Waals surface area contributed by atoms with Crippen molar-refractivity contribution < 1.29 is 4.39 Å². The van der Waals surface area contributed by atoms with Crippen LogP contribution in [0.2, 0.25) is 0 Å². The Balaban J connectivity index is 1.50. The van der Waals surface area contributed by atoms with Crippen LogP contribution in [-0.4, -0.2) is 36.2 Å². The maximum absolute atomic E-state index is 12.5. The van der Waals surface area contributed by atoms with Gasteiger partial charge in [0.1, 0.15) is 12.4 Å². The fraction of sp³-hybridized carbons (Fsp3) is 0.333. The molecule has 1 aliphatic heterocycles. The third-order valence-electron chi connectivity index (χ3n) is 4.41. The van der Waals surface area contributed by atoms with Crippen LogP contribution in [0.15, 0.2) is 36.8 Å². The molecule has 3 aromatic rings. The first-order valence-corrected chi connectivity index (χ1v) is 8.30. The molecule has 3 aromatic heterocycles. The summed E-state index contributed by atoms with van der Waals surface area (Å²) in [5.41, 5.74) is 5.15. The Morgan fingerprint density at radius 3 is 2.76 bits per heavy atom. The van der Waals surface area contributed by atoms with Crippen LogP contribution < -0.4 is 0 Å². The molecule has 4 rings (SSSR count). The lowest BCUT2D eigenvalue weighted by Gasteiger charge is -2.27. The largest absolute Gasteiger partial charge is 0.291 e. The minimum absolute atomic E-state index is 0.232. The monoisotopic (exact) mass is 338 g/mol. The van der Waals surface area contributed by atoms with Crippen LogP contribution in [-0.2, 0) is 26.3 Å². The third-order valence-corrected chi connectivity index (χ3v) is 4.41.